The number of rotatable bonds is 2. The molecule has 128 valence electrons. The lowest BCUT2D eigenvalue weighted by Gasteiger charge is -2.18. The molecule has 0 bridgehead atoms. The second-order valence-electron chi connectivity index (χ2n) is 7.86. The molecule has 5 nitrogen and oxygen atoms in total. The van der Waals surface area contributed by atoms with Crippen molar-refractivity contribution in [3.63, 3.8) is 0 Å². The normalized spacial score (nSPS) is 12.3. The molecule has 0 saturated carbocycles. The minimum atomic E-state index is 0.0346. The first-order valence-electron chi connectivity index (χ1n) is 8.46. The van der Waals surface area contributed by atoms with Gasteiger partial charge in [-0.05, 0) is 40.8 Å². The van der Waals surface area contributed by atoms with Crippen molar-refractivity contribution in [2.24, 2.45) is 12.5 Å². The van der Waals surface area contributed by atoms with E-state index in [1.165, 1.54) is 0 Å². The molecule has 0 radical (unpaired) electrons. The monoisotopic (exact) mass is 334 g/mol. The van der Waals surface area contributed by atoms with E-state index < -0.39 is 0 Å². The van der Waals surface area contributed by atoms with Crippen LogP contribution in [0, 0.1) is 5.41 Å². The average molecular weight is 334 g/mol. The average Bonchev–Trinajstić information content (AvgIpc) is 3.12. The highest BCUT2D eigenvalue weighted by Crippen LogP contribution is 2.27. The minimum absolute atomic E-state index is 0.0346. The van der Waals surface area contributed by atoms with E-state index in [0.717, 1.165) is 33.1 Å². The molecule has 5 heteroatoms. The minimum Gasteiger partial charge on any atom is -0.295 e. The molecule has 25 heavy (non-hydrogen) atoms. The van der Waals surface area contributed by atoms with Crippen LogP contribution in [-0.4, -0.2) is 19.3 Å². The Kier molecular flexibility index (Phi) is 3.35. The molecule has 0 aliphatic heterocycles. The Balaban J connectivity index is 1.88. The Morgan fingerprint density at radius 2 is 1.76 bits per heavy atom. The molecule has 1 N–H and O–H groups in total. The van der Waals surface area contributed by atoms with Crippen molar-refractivity contribution in [3.05, 3.63) is 53.1 Å². The molecule has 2 heterocycles. The summed E-state index contributed by atoms with van der Waals surface area (Å²) in [6, 6.07) is 12.5. The second-order valence-corrected chi connectivity index (χ2v) is 7.86. The van der Waals surface area contributed by atoms with Crippen molar-refractivity contribution in [1.82, 2.24) is 19.3 Å². The van der Waals surface area contributed by atoms with Gasteiger partial charge in [-0.15, -0.1) is 0 Å². The van der Waals surface area contributed by atoms with Gasteiger partial charge in [0.05, 0.1) is 22.7 Å². The number of benzene rings is 2. The van der Waals surface area contributed by atoms with Crippen LogP contribution >= 0.6 is 0 Å². The highest BCUT2D eigenvalue weighted by molar-refractivity contribution is 5.87. The molecule has 0 saturated heterocycles. The lowest BCUT2D eigenvalue weighted by atomic mass is 9.97. The van der Waals surface area contributed by atoms with Gasteiger partial charge >= 0.3 is 5.69 Å². The standard InChI is InChI=1S/C20H22N4O/c1-20(2,3)12-24-17-8-6-14(10-18(17)23(4)19(24)25)13-5-7-16-15(9-13)11-21-22-16/h5-11H,12H2,1-4H3,(H,21,22). The third-order valence-corrected chi connectivity index (χ3v) is 4.55. The highest BCUT2D eigenvalue weighted by Gasteiger charge is 2.18. The second kappa shape index (κ2) is 5.34. The first-order valence-corrected chi connectivity index (χ1v) is 8.46. The molecule has 4 aromatic rings. The van der Waals surface area contributed by atoms with Crippen LogP contribution in [0.1, 0.15) is 20.8 Å². The lowest BCUT2D eigenvalue weighted by molar-refractivity contribution is 0.342. The van der Waals surface area contributed by atoms with Gasteiger partial charge in [0, 0.05) is 19.0 Å². The molecule has 0 aliphatic rings. The third kappa shape index (κ3) is 2.65. The highest BCUT2D eigenvalue weighted by atomic mass is 16.1. The van der Waals surface area contributed by atoms with Crippen LogP contribution in [0.25, 0.3) is 33.1 Å². The molecule has 0 aliphatic carbocycles. The molecule has 2 aromatic carbocycles. The molecule has 0 unspecified atom stereocenters. The van der Waals surface area contributed by atoms with Gasteiger partial charge in [0.15, 0.2) is 0 Å². The van der Waals surface area contributed by atoms with Gasteiger partial charge in [-0.25, -0.2) is 4.79 Å². The number of hydrogen-bond donors (Lipinski definition) is 1. The van der Waals surface area contributed by atoms with E-state index in [0.29, 0.717) is 6.54 Å². The number of imidazole rings is 1. The zero-order valence-corrected chi connectivity index (χ0v) is 15.0. The summed E-state index contributed by atoms with van der Waals surface area (Å²) in [4.78, 5) is 12.7. The quantitative estimate of drug-likeness (QED) is 0.604. The number of fused-ring (bicyclic) bond motifs is 2. The van der Waals surface area contributed by atoms with Gasteiger partial charge in [-0.3, -0.25) is 14.2 Å². The van der Waals surface area contributed by atoms with Gasteiger partial charge < -0.3 is 0 Å². The van der Waals surface area contributed by atoms with Crippen LogP contribution in [0.4, 0.5) is 0 Å². The first kappa shape index (κ1) is 15.7. The predicted octanol–water partition coefficient (Wildman–Crippen LogP) is 3.93. The lowest BCUT2D eigenvalue weighted by Crippen LogP contribution is -2.27. The smallest absolute Gasteiger partial charge is 0.295 e. The van der Waals surface area contributed by atoms with E-state index in [1.54, 1.807) is 4.57 Å². The molecular formula is C20H22N4O. The zero-order valence-electron chi connectivity index (χ0n) is 15.0. The van der Waals surface area contributed by atoms with Crippen LogP contribution < -0.4 is 5.69 Å². The van der Waals surface area contributed by atoms with Gasteiger partial charge in [0.25, 0.3) is 0 Å². The molecule has 0 atom stereocenters. The molecule has 2 aromatic heterocycles. The van der Waals surface area contributed by atoms with Crippen LogP contribution in [0.5, 0.6) is 0 Å². The molecular weight excluding hydrogens is 312 g/mol. The van der Waals surface area contributed by atoms with Crippen molar-refractivity contribution in [3.8, 4) is 11.1 Å². The topological polar surface area (TPSA) is 55.6 Å². The Labute approximate surface area is 145 Å². The summed E-state index contributed by atoms with van der Waals surface area (Å²) in [5.41, 5.74) is 5.25. The van der Waals surface area contributed by atoms with E-state index in [2.05, 4.69) is 61.3 Å². The van der Waals surface area contributed by atoms with Gasteiger partial charge in [0.1, 0.15) is 0 Å². The summed E-state index contributed by atoms with van der Waals surface area (Å²) in [5, 5.41) is 8.13. The molecule has 0 fully saturated rings. The number of aromatic amines is 1. The van der Waals surface area contributed by atoms with E-state index in [4.69, 9.17) is 0 Å². The molecule has 4 rings (SSSR count). The number of nitrogens with one attached hydrogen (secondary N) is 1. The van der Waals surface area contributed by atoms with E-state index in [9.17, 15) is 4.79 Å². The number of nitrogens with zero attached hydrogens (tertiary/aromatic N) is 3. The van der Waals surface area contributed by atoms with Crippen molar-refractivity contribution in [1.29, 1.82) is 0 Å². The Hall–Kier alpha value is -2.82. The fourth-order valence-electron chi connectivity index (χ4n) is 3.34. The van der Waals surface area contributed by atoms with Crippen molar-refractivity contribution >= 4 is 21.9 Å². The van der Waals surface area contributed by atoms with Crippen LogP contribution in [0.3, 0.4) is 0 Å². The van der Waals surface area contributed by atoms with E-state index >= 15 is 0 Å². The number of aromatic nitrogens is 4. The summed E-state index contributed by atoms with van der Waals surface area (Å²) in [7, 11) is 1.84. The van der Waals surface area contributed by atoms with Gasteiger partial charge in [-0.1, -0.05) is 32.9 Å². The van der Waals surface area contributed by atoms with Crippen LogP contribution in [-0.2, 0) is 13.6 Å². The van der Waals surface area contributed by atoms with Gasteiger partial charge in [0.2, 0.25) is 0 Å². The number of hydrogen-bond acceptors (Lipinski definition) is 2. The summed E-state index contributed by atoms with van der Waals surface area (Å²) in [5.74, 6) is 0. The fourth-order valence-corrected chi connectivity index (χ4v) is 3.34. The summed E-state index contributed by atoms with van der Waals surface area (Å²) in [6.07, 6.45) is 1.83. The number of aryl methyl sites for hydroxylation is 1. The Bertz CT molecular complexity index is 1140. The summed E-state index contributed by atoms with van der Waals surface area (Å²) in [6.45, 7) is 7.13. The maximum Gasteiger partial charge on any atom is 0.328 e. The predicted molar refractivity (Wildman–Crippen MR) is 102 cm³/mol. The van der Waals surface area contributed by atoms with Crippen molar-refractivity contribution in [2.75, 3.05) is 0 Å². The summed E-state index contributed by atoms with van der Waals surface area (Å²) >= 11 is 0. The summed E-state index contributed by atoms with van der Waals surface area (Å²) < 4.78 is 3.61. The Morgan fingerprint density at radius 1 is 1.04 bits per heavy atom. The maximum atomic E-state index is 12.7. The largest absolute Gasteiger partial charge is 0.328 e. The maximum absolute atomic E-state index is 12.7. The van der Waals surface area contributed by atoms with Crippen molar-refractivity contribution < 1.29 is 0 Å². The van der Waals surface area contributed by atoms with E-state index in [1.807, 2.05) is 23.9 Å². The fraction of sp³-hybridized carbons (Fsp3) is 0.300. The van der Waals surface area contributed by atoms with Crippen molar-refractivity contribution in [2.45, 2.75) is 27.3 Å². The molecule has 0 spiro atoms. The first-order chi connectivity index (χ1) is 11.8. The SMILES string of the molecule is Cn1c(=O)n(CC(C)(C)C)c2ccc(-c3ccc4[nH]ncc4c3)cc21. The Morgan fingerprint density at radius 3 is 2.52 bits per heavy atom. The van der Waals surface area contributed by atoms with E-state index in [-0.39, 0.29) is 11.1 Å². The van der Waals surface area contributed by atoms with Crippen LogP contribution in [0.2, 0.25) is 0 Å². The third-order valence-electron chi connectivity index (χ3n) is 4.55. The molecule has 0 amide bonds. The number of H-pyrrole nitrogens is 1. The zero-order chi connectivity index (χ0) is 17.8. The van der Waals surface area contributed by atoms with Crippen LogP contribution in [0.15, 0.2) is 47.4 Å². The van der Waals surface area contributed by atoms with Gasteiger partial charge in [-0.2, -0.15) is 5.10 Å².